The molecule has 2 atom stereocenters. The second-order valence-electron chi connectivity index (χ2n) is 4.57. The average molecular weight is 326 g/mol. The van der Waals surface area contributed by atoms with E-state index in [2.05, 4.69) is 0 Å². The largest absolute Gasteiger partial charge is 0.479 e. The van der Waals surface area contributed by atoms with Gasteiger partial charge in [-0.15, -0.1) is 0 Å². The average Bonchev–Trinajstić information content (AvgIpc) is 2.36. The van der Waals surface area contributed by atoms with Crippen molar-refractivity contribution in [1.82, 2.24) is 0 Å². The van der Waals surface area contributed by atoms with Crippen molar-refractivity contribution in [2.24, 2.45) is 5.92 Å². The van der Waals surface area contributed by atoms with Gasteiger partial charge < -0.3 is 10.2 Å². The van der Waals surface area contributed by atoms with Gasteiger partial charge in [-0.1, -0.05) is 13.0 Å². The Morgan fingerprint density at radius 3 is 2.38 bits per heavy atom. The molecule has 2 N–H and O–H groups in total. The lowest BCUT2D eigenvalue weighted by atomic mass is 10.1. The van der Waals surface area contributed by atoms with Gasteiger partial charge in [0.15, 0.2) is 15.9 Å². The summed E-state index contributed by atoms with van der Waals surface area (Å²) < 4.78 is 61.6. The van der Waals surface area contributed by atoms with Crippen molar-refractivity contribution in [3.63, 3.8) is 0 Å². The highest BCUT2D eigenvalue weighted by Gasteiger charge is 2.33. The zero-order valence-corrected chi connectivity index (χ0v) is 11.6. The van der Waals surface area contributed by atoms with Crippen LogP contribution in [0.3, 0.4) is 0 Å². The SMILES string of the molecule is C[C@H](CS(=O)(=O)c1cccc(C(F)(F)F)c1)[C@@H](O)C(=O)O. The monoisotopic (exact) mass is 326 g/mol. The molecule has 9 heteroatoms. The fourth-order valence-corrected chi connectivity index (χ4v) is 3.30. The molecule has 0 amide bonds. The Bertz CT molecular complexity index is 624. The van der Waals surface area contributed by atoms with E-state index >= 15 is 0 Å². The van der Waals surface area contributed by atoms with Crippen molar-refractivity contribution >= 4 is 15.8 Å². The number of hydrogen-bond acceptors (Lipinski definition) is 4. The number of carboxylic acid groups (broad SMARTS) is 1. The van der Waals surface area contributed by atoms with Gasteiger partial charge in [-0.2, -0.15) is 13.2 Å². The van der Waals surface area contributed by atoms with E-state index in [0.717, 1.165) is 18.2 Å². The van der Waals surface area contributed by atoms with E-state index in [0.29, 0.717) is 6.07 Å². The number of aliphatic carboxylic acids is 1. The zero-order valence-electron chi connectivity index (χ0n) is 10.8. The third-order valence-electron chi connectivity index (χ3n) is 2.79. The third-order valence-corrected chi connectivity index (χ3v) is 4.73. The van der Waals surface area contributed by atoms with Crippen molar-refractivity contribution in [2.45, 2.75) is 24.1 Å². The number of halogens is 3. The Morgan fingerprint density at radius 1 is 1.33 bits per heavy atom. The molecule has 0 saturated carbocycles. The normalized spacial score (nSPS) is 15.5. The first-order chi connectivity index (χ1) is 9.45. The number of rotatable bonds is 5. The van der Waals surface area contributed by atoms with Gasteiger partial charge in [0.05, 0.1) is 16.2 Å². The molecule has 0 bridgehead atoms. The lowest BCUT2D eigenvalue weighted by Crippen LogP contribution is -2.32. The number of sulfone groups is 1. The molecule has 0 aliphatic rings. The van der Waals surface area contributed by atoms with Crippen LogP contribution in [0.25, 0.3) is 0 Å². The fraction of sp³-hybridized carbons (Fsp3) is 0.417. The van der Waals surface area contributed by atoms with Crippen molar-refractivity contribution in [3.8, 4) is 0 Å². The summed E-state index contributed by atoms with van der Waals surface area (Å²) in [5.74, 6) is -3.54. The molecule has 0 aromatic heterocycles. The molecule has 0 spiro atoms. The molecular formula is C12H13F3O5S. The first-order valence-corrected chi connectivity index (χ1v) is 7.41. The summed E-state index contributed by atoms with van der Waals surface area (Å²) in [5, 5.41) is 17.8. The van der Waals surface area contributed by atoms with Crippen LogP contribution in [0.2, 0.25) is 0 Å². The molecule has 0 aliphatic carbocycles. The molecule has 0 aliphatic heterocycles. The third kappa shape index (κ3) is 4.43. The molecule has 118 valence electrons. The molecule has 0 radical (unpaired) electrons. The summed E-state index contributed by atoms with van der Waals surface area (Å²) in [5.41, 5.74) is -1.12. The highest BCUT2D eigenvalue weighted by molar-refractivity contribution is 7.91. The maximum Gasteiger partial charge on any atom is 0.416 e. The Morgan fingerprint density at radius 2 is 1.90 bits per heavy atom. The number of carboxylic acids is 1. The zero-order chi connectivity index (χ0) is 16.4. The van der Waals surface area contributed by atoms with Crippen LogP contribution < -0.4 is 0 Å². The van der Waals surface area contributed by atoms with E-state index in [1.807, 2.05) is 0 Å². The minimum Gasteiger partial charge on any atom is -0.479 e. The molecule has 0 saturated heterocycles. The standard InChI is InChI=1S/C12H13F3O5S/c1-7(10(16)11(17)18)6-21(19,20)9-4-2-3-8(5-9)12(13,14)15/h2-5,7,10,16H,6H2,1H3,(H,17,18)/t7-,10-/m1/s1. The summed E-state index contributed by atoms with van der Waals surface area (Å²) in [6.45, 7) is 1.18. The summed E-state index contributed by atoms with van der Waals surface area (Å²) in [6.07, 6.45) is -6.59. The highest BCUT2D eigenvalue weighted by atomic mass is 32.2. The van der Waals surface area contributed by atoms with E-state index in [4.69, 9.17) is 5.11 Å². The fourth-order valence-electron chi connectivity index (χ4n) is 1.64. The predicted octanol–water partition coefficient (Wildman–Crippen LogP) is 1.56. The van der Waals surface area contributed by atoms with Crippen LogP contribution in [-0.4, -0.2) is 36.5 Å². The molecule has 5 nitrogen and oxygen atoms in total. The van der Waals surface area contributed by atoms with Gasteiger partial charge in [-0.05, 0) is 18.2 Å². The van der Waals surface area contributed by atoms with Crippen molar-refractivity contribution in [1.29, 1.82) is 0 Å². The van der Waals surface area contributed by atoms with Crippen molar-refractivity contribution in [2.75, 3.05) is 5.75 Å². The Hall–Kier alpha value is -1.61. The van der Waals surface area contributed by atoms with E-state index < -0.39 is 50.2 Å². The van der Waals surface area contributed by atoms with Crippen molar-refractivity contribution in [3.05, 3.63) is 29.8 Å². The van der Waals surface area contributed by atoms with Crippen LogP contribution in [0, 0.1) is 5.92 Å². The quantitative estimate of drug-likeness (QED) is 0.857. The topological polar surface area (TPSA) is 91.7 Å². The second kappa shape index (κ2) is 6.02. The van der Waals surface area contributed by atoms with E-state index in [9.17, 15) is 31.5 Å². The number of aliphatic hydroxyl groups is 1. The minimum absolute atomic E-state index is 0.481. The van der Waals surface area contributed by atoms with Crippen LogP contribution in [0.1, 0.15) is 12.5 Å². The van der Waals surface area contributed by atoms with E-state index in [-0.39, 0.29) is 0 Å². The molecule has 21 heavy (non-hydrogen) atoms. The van der Waals surface area contributed by atoms with Gasteiger partial charge in [-0.25, -0.2) is 13.2 Å². The lowest BCUT2D eigenvalue weighted by Gasteiger charge is -2.15. The predicted molar refractivity (Wildman–Crippen MR) is 66.3 cm³/mol. The Kier molecular flexibility index (Phi) is 5.00. The number of benzene rings is 1. The van der Waals surface area contributed by atoms with E-state index in [1.165, 1.54) is 6.92 Å². The Labute approximate surface area is 118 Å². The summed E-state index contributed by atoms with van der Waals surface area (Å²) >= 11 is 0. The van der Waals surface area contributed by atoms with E-state index in [1.54, 1.807) is 0 Å². The first-order valence-electron chi connectivity index (χ1n) is 5.76. The molecule has 1 aromatic rings. The molecule has 0 fully saturated rings. The smallest absolute Gasteiger partial charge is 0.416 e. The number of hydrogen-bond donors (Lipinski definition) is 2. The maximum atomic E-state index is 12.5. The molecule has 1 rings (SSSR count). The first kappa shape index (κ1) is 17.4. The number of carbonyl (C=O) groups is 1. The van der Waals surface area contributed by atoms with Gasteiger partial charge in [0.1, 0.15) is 0 Å². The highest BCUT2D eigenvalue weighted by Crippen LogP contribution is 2.31. The molecule has 1 aromatic carbocycles. The van der Waals surface area contributed by atoms with Crippen LogP contribution in [0.5, 0.6) is 0 Å². The molecule has 0 heterocycles. The van der Waals surface area contributed by atoms with Crippen molar-refractivity contribution < 1.29 is 36.6 Å². The van der Waals surface area contributed by atoms with Gasteiger partial charge in [-0.3, -0.25) is 0 Å². The number of aliphatic hydroxyl groups excluding tert-OH is 1. The summed E-state index contributed by atoms with van der Waals surface area (Å²) in [7, 11) is -4.14. The van der Waals surface area contributed by atoms with Gasteiger partial charge in [0.25, 0.3) is 0 Å². The minimum atomic E-state index is -4.68. The number of alkyl halides is 3. The molecule has 0 unspecified atom stereocenters. The molecular weight excluding hydrogens is 313 g/mol. The Balaban J connectivity index is 3.07. The van der Waals surface area contributed by atoms with Crippen LogP contribution in [-0.2, 0) is 20.8 Å². The summed E-state index contributed by atoms with van der Waals surface area (Å²) in [6, 6.07) is 3.15. The van der Waals surface area contributed by atoms with Crippen LogP contribution >= 0.6 is 0 Å². The summed E-state index contributed by atoms with van der Waals surface area (Å²) in [4.78, 5) is 9.99. The maximum absolute atomic E-state index is 12.5. The van der Waals surface area contributed by atoms with Gasteiger partial charge in [0, 0.05) is 5.92 Å². The van der Waals surface area contributed by atoms with Gasteiger partial charge >= 0.3 is 12.1 Å². The van der Waals surface area contributed by atoms with Crippen LogP contribution in [0.15, 0.2) is 29.2 Å². The van der Waals surface area contributed by atoms with Crippen LogP contribution in [0.4, 0.5) is 13.2 Å². The lowest BCUT2D eigenvalue weighted by molar-refractivity contribution is -0.148. The van der Waals surface area contributed by atoms with Gasteiger partial charge in [0.2, 0.25) is 0 Å². The second-order valence-corrected chi connectivity index (χ2v) is 6.60.